The number of thiophene rings is 1. The molecule has 0 saturated carbocycles. The van der Waals surface area contributed by atoms with Crippen molar-refractivity contribution in [2.24, 2.45) is 0 Å². The molecule has 6 heteroatoms. The second-order valence-electron chi connectivity index (χ2n) is 6.75. The van der Waals surface area contributed by atoms with Crippen molar-refractivity contribution >= 4 is 44.7 Å². The van der Waals surface area contributed by atoms with Crippen molar-refractivity contribution in [2.75, 3.05) is 5.32 Å². The highest BCUT2D eigenvalue weighted by Crippen LogP contribution is 2.36. The molecule has 0 aliphatic rings. The van der Waals surface area contributed by atoms with E-state index < -0.39 is 0 Å². The summed E-state index contributed by atoms with van der Waals surface area (Å²) in [6.07, 6.45) is 0. The molecule has 5 rings (SSSR count). The van der Waals surface area contributed by atoms with Gasteiger partial charge in [-0.05, 0) is 42.5 Å². The molecule has 146 valence electrons. The Morgan fingerprint density at radius 2 is 1.57 bits per heavy atom. The molecular weight excluding hydrogens is 414 g/mol. The summed E-state index contributed by atoms with van der Waals surface area (Å²) in [6, 6.07) is 29.0. The Bertz CT molecular complexity index is 1250. The van der Waals surface area contributed by atoms with Crippen molar-refractivity contribution < 1.29 is 4.79 Å². The van der Waals surface area contributed by atoms with Gasteiger partial charge in [-0.1, -0.05) is 60.1 Å². The van der Waals surface area contributed by atoms with Crippen LogP contribution < -0.4 is 5.32 Å². The lowest BCUT2D eigenvalue weighted by atomic mass is 10.1. The van der Waals surface area contributed by atoms with Gasteiger partial charge < -0.3 is 5.32 Å². The lowest BCUT2D eigenvalue weighted by Crippen LogP contribution is -2.09. The van der Waals surface area contributed by atoms with Gasteiger partial charge in [0.15, 0.2) is 0 Å². The first kappa shape index (κ1) is 18.6. The molecular formula is C24H16ClN3OS. The molecule has 30 heavy (non-hydrogen) atoms. The Labute approximate surface area is 182 Å². The minimum Gasteiger partial charge on any atom is -0.321 e. The topological polar surface area (TPSA) is 46.9 Å². The van der Waals surface area contributed by atoms with Gasteiger partial charge >= 0.3 is 0 Å². The summed E-state index contributed by atoms with van der Waals surface area (Å²) in [4.78, 5) is 14.5. The molecule has 0 aliphatic carbocycles. The number of fused-ring (bicyclic) bond motifs is 1. The number of halogens is 1. The second-order valence-corrected chi connectivity index (χ2v) is 8.22. The van der Waals surface area contributed by atoms with Gasteiger partial charge in [-0.15, -0.1) is 11.3 Å². The van der Waals surface area contributed by atoms with E-state index in [1.807, 2.05) is 71.4 Å². The Balaban J connectivity index is 1.60. The Morgan fingerprint density at radius 3 is 2.27 bits per heavy atom. The molecule has 1 N–H and O–H groups in total. The highest BCUT2D eigenvalue weighted by Gasteiger charge is 2.20. The number of para-hydroxylation sites is 1. The van der Waals surface area contributed by atoms with E-state index >= 15 is 0 Å². The Morgan fingerprint density at radius 1 is 0.900 bits per heavy atom. The largest absolute Gasteiger partial charge is 0.321 e. The maximum absolute atomic E-state index is 12.9. The fourth-order valence-electron chi connectivity index (χ4n) is 3.30. The fourth-order valence-corrected chi connectivity index (χ4v) is 4.45. The zero-order valence-corrected chi connectivity index (χ0v) is 17.3. The summed E-state index contributed by atoms with van der Waals surface area (Å²) >= 11 is 7.36. The minimum atomic E-state index is -0.155. The van der Waals surface area contributed by atoms with Crippen LogP contribution in [0.5, 0.6) is 0 Å². The first-order chi connectivity index (χ1) is 14.7. The third kappa shape index (κ3) is 3.49. The molecule has 0 radical (unpaired) electrons. The summed E-state index contributed by atoms with van der Waals surface area (Å²) < 4.78 is 1.90. The third-order valence-corrected chi connectivity index (χ3v) is 6.10. The zero-order valence-electron chi connectivity index (χ0n) is 15.7. The van der Waals surface area contributed by atoms with Crippen molar-refractivity contribution in [2.45, 2.75) is 0 Å². The number of rotatable bonds is 4. The number of amides is 1. The smallest absolute Gasteiger partial charge is 0.265 e. The lowest BCUT2D eigenvalue weighted by Gasteiger charge is -2.04. The van der Waals surface area contributed by atoms with Crippen molar-refractivity contribution in [3.63, 3.8) is 0 Å². The molecule has 2 aromatic heterocycles. The van der Waals surface area contributed by atoms with E-state index in [0.29, 0.717) is 15.6 Å². The first-order valence-corrected chi connectivity index (χ1v) is 10.6. The Kier molecular flexibility index (Phi) is 4.83. The van der Waals surface area contributed by atoms with Crippen LogP contribution in [0.1, 0.15) is 9.67 Å². The minimum absolute atomic E-state index is 0.155. The molecule has 0 spiro atoms. The fraction of sp³-hybridized carbons (Fsp3) is 0. The van der Waals surface area contributed by atoms with Gasteiger partial charge in [-0.2, -0.15) is 5.10 Å². The molecule has 5 aromatic rings. The summed E-state index contributed by atoms with van der Waals surface area (Å²) in [5.41, 5.74) is 3.53. The van der Waals surface area contributed by atoms with E-state index in [1.54, 1.807) is 24.3 Å². The van der Waals surface area contributed by atoms with Crippen LogP contribution >= 0.6 is 22.9 Å². The molecule has 4 nitrogen and oxygen atoms in total. The van der Waals surface area contributed by atoms with E-state index in [2.05, 4.69) is 5.32 Å². The molecule has 0 atom stereocenters. The molecule has 0 saturated heterocycles. The normalized spacial score (nSPS) is 11.0. The molecule has 0 aliphatic heterocycles. The standard InChI is InChI=1S/C24H16ClN3OS/c25-17-11-13-18(14-12-17)26-23(29)21-15-20-22(16-7-3-1-4-8-16)27-28(24(20)30-21)19-9-5-2-6-10-19/h1-15H,(H,26,29). The van der Waals surface area contributed by atoms with Crippen molar-refractivity contribution in [1.82, 2.24) is 9.78 Å². The van der Waals surface area contributed by atoms with E-state index in [4.69, 9.17) is 16.7 Å². The van der Waals surface area contributed by atoms with Crippen LogP contribution in [0.3, 0.4) is 0 Å². The number of nitrogens with zero attached hydrogens (tertiary/aromatic N) is 2. The van der Waals surface area contributed by atoms with Crippen LogP contribution in [-0.2, 0) is 0 Å². The number of benzene rings is 3. The van der Waals surface area contributed by atoms with E-state index in [-0.39, 0.29) is 5.91 Å². The Hall–Kier alpha value is -3.41. The quantitative estimate of drug-likeness (QED) is 0.347. The lowest BCUT2D eigenvalue weighted by molar-refractivity contribution is 0.103. The molecule has 0 bridgehead atoms. The number of anilines is 1. The van der Waals surface area contributed by atoms with Crippen LogP contribution in [0.2, 0.25) is 5.02 Å². The van der Waals surface area contributed by atoms with Gasteiger partial charge in [0.1, 0.15) is 10.5 Å². The van der Waals surface area contributed by atoms with E-state index in [0.717, 1.165) is 27.2 Å². The van der Waals surface area contributed by atoms with Gasteiger partial charge in [-0.3, -0.25) is 4.79 Å². The van der Waals surface area contributed by atoms with Gasteiger partial charge in [0.05, 0.1) is 10.6 Å². The number of nitrogens with one attached hydrogen (secondary N) is 1. The molecule has 3 aromatic carbocycles. The number of carbonyl (C=O) groups excluding carboxylic acids is 1. The van der Waals surface area contributed by atoms with E-state index in [1.165, 1.54) is 11.3 Å². The molecule has 0 unspecified atom stereocenters. The highest BCUT2D eigenvalue weighted by molar-refractivity contribution is 7.20. The average molecular weight is 430 g/mol. The SMILES string of the molecule is O=C(Nc1ccc(Cl)cc1)c1cc2c(-c3ccccc3)nn(-c3ccccc3)c2s1. The summed E-state index contributed by atoms with van der Waals surface area (Å²) in [6.45, 7) is 0. The predicted molar refractivity (Wildman–Crippen MR) is 124 cm³/mol. The maximum Gasteiger partial charge on any atom is 0.265 e. The van der Waals surface area contributed by atoms with Crippen LogP contribution in [0.15, 0.2) is 91.0 Å². The van der Waals surface area contributed by atoms with Crippen LogP contribution in [0.4, 0.5) is 5.69 Å². The summed E-state index contributed by atoms with van der Waals surface area (Å²) in [7, 11) is 0. The first-order valence-electron chi connectivity index (χ1n) is 9.39. The van der Waals surface area contributed by atoms with Crippen molar-refractivity contribution in [1.29, 1.82) is 0 Å². The summed E-state index contributed by atoms with van der Waals surface area (Å²) in [5, 5.41) is 9.39. The van der Waals surface area contributed by atoms with Gasteiger partial charge in [0.2, 0.25) is 0 Å². The average Bonchev–Trinajstić information content (AvgIpc) is 3.36. The molecule has 2 heterocycles. The third-order valence-electron chi connectivity index (χ3n) is 4.73. The van der Waals surface area contributed by atoms with Crippen molar-refractivity contribution in [3.8, 4) is 16.9 Å². The number of aromatic nitrogens is 2. The number of carbonyl (C=O) groups is 1. The predicted octanol–water partition coefficient (Wildman–Crippen LogP) is 6.66. The monoisotopic (exact) mass is 429 g/mol. The number of hydrogen-bond acceptors (Lipinski definition) is 3. The second kappa shape index (κ2) is 7.78. The molecule has 1 amide bonds. The van der Waals surface area contributed by atoms with Crippen LogP contribution in [0.25, 0.3) is 27.2 Å². The molecule has 0 fully saturated rings. The summed E-state index contributed by atoms with van der Waals surface area (Å²) in [5.74, 6) is -0.155. The van der Waals surface area contributed by atoms with Gasteiger partial charge in [0.25, 0.3) is 5.91 Å². The van der Waals surface area contributed by atoms with Gasteiger partial charge in [0, 0.05) is 21.7 Å². The van der Waals surface area contributed by atoms with Gasteiger partial charge in [-0.25, -0.2) is 4.68 Å². The number of hydrogen-bond donors (Lipinski definition) is 1. The van der Waals surface area contributed by atoms with E-state index in [9.17, 15) is 4.79 Å². The van der Waals surface area contributed by atoms with Crippen LogP contribution in [0, 0.1) is 0 Å². The van der Waals surface area contributed by atoms with Crippen LogP contribution in [-0.4, -0.2) is 15.7 Å². The zero-order chi connectivity index (χ0) is 20.5. The maximum atomic E-state index is 12.9. The van der Waals surface area contributed by atoms with Crippen molar-refractivity contribution in [3.05, 3.63) is 101 Å². The highest BCUT2D eigenvalue weighted by atomic mass is 35.5.